The Hall–Kier alpha value is -0.770. The molecule has 0 aliphatic heterocycles. The van der Waals surface area contributed by atoms with Crippen LogP contribution >= 0.6 is 23.2 Å². The zero-order valence-corrected chi connectivity index (χ0v) is 13.1. The number of halogens is 2. The standard InChI is InChI=1S/C15H20Cl2O3/c1-2-3-9-19-10-11-20-14(18)15(17,12-16)13-7-5-4-6-8-13/h4-8H,2-3,9-12H2,1H3. The lowest BCUT2D eigenvalue weighted by Gasteiger charge is -2.22. The minimum Gasteiger partial charge on any atom is -0.462 e. The van der Waals surface area contributed by atoms with Gasteiger partial charge < -0.3 is 9.47 Å². The van der Waals surface area contributed by atoms with E-state index in [1.807, 2.05) is 6.07 Å². The number of carbonyl (C=O) groups is 1. The molecule has 20 heavy (non-hydrogen) atoms. The fourth-order valence-electron chi connectivity index (χ4n) is 1.61. The van der Waals surface area contributed by atoms with E-state index >= 15 is 0 Å². The van der Waals surface area contributed by atoms with Crippen LogP contribution in [-0.4, -0.2) is 31.7 Å². The lowest BCUT2D eigenvalue weighted by atomic mass is 10.0. The number of hydrogen-bond donors (Lipinski definition) is 0. The molecule has 1 aromatic carbocycles. The molecular formula is C15H20Cl2O3. The highest BCUT2D eigenvalue weighted by Crippen LogP contribution is 2.32. The molecule has 0 bridgehead atoms. The first-order valence-corrected chi connectivity index (χ1v) is 7.61. The monoisotopic (exact) mass is 318 g/mol. The Labute approximate surface area is 130 Å². The maximum Gasteiger partial charge on any atom is 0.333 e. The molecule has 1 aromatic rings. The van der Waals surface area contributed by atoms with Gasteiger partial charge in [0.25, 0.3) is 0 Å². The maximum absolute atomic E-state index is 12.1. The number of ether oxygens (including phenoxy) is 2. The van der Waals surface area contributed by atoms with E-state index in [0.717, 1.165) is 12.8 Å². The third-order valence-corrected chi connectivity index (χ3v) is 3.89. The average Bonchev–Trinajstić information content (AvgIpc) is 2.50. The zero-order valence-electron chi connectivity index (χ0n) is 11.6. The van der Waals surface area contributed by atoms with Crippen LogP contribution in [0.4, 0.5) is 0 Å². The van der Waals surface area contributed by atoms with Crippen molar-refractivity contribution in [1.29, 1.82) is 0 Å². The molecular weight excluding hydrogens is 299 g/mol. The molecule has 0 fully saturated rings. The molecule has 0 aromatic heterocycles. The predicted octanol–water partition coefficient (Wildman–Crippen LogP) is 3.72. The van der Waals surface area contributed by atoms with Gasteiger partial charge in [0.15, 0.2) is 4.87 Å². The highest BCUT2D eigenvalue weighted by Gasteiger charge is 2.39. The molecule has 5 heteroatoms. The van der Waals surface area contributed by atoms with Crippen LogP contribution in [-0.2, 0) is 19.1 Å². The summed E-state index contributed by atoms with van der Waals surface area (Å²) < 4.78 is 10.5. The van der Waals surface area contributed by atoms with Gasteiger partial charge in [-0.3, -0.25) is 0 Å². The van der Waals surface area contributed by atoms with E-state index < -0.39 is 10.8 Å². The van der Waals surface area contributed by atoms with Gasteiger partial charge in [0, 0.05) is 6.61 Å². The van der Waals surface area contributed by atoms with Crippen LogP contribution in [0.5, 0.6) is 0 Å². The molecule has 0 saturated carbocycles. The highest BCUT2D eigenvalue weighted by atomic mass is 35.5. The molecule has 0 radical (unpaired) electrons. The largest absolute Gasteiger partial charge is 0.462 e. The van der Waals surface area contributed by atoms with Gasteiger partial charge in [-0.1, -0.05) is 43.7 Å². The fourth-order valence-corrected chi connectivity index (χ4v) is 2.05. The minimum absolute atomic E-state index is 0.0475. The van der Waals surface area contributed by atoms with Crippen LogP contribution in [0, 0.1) is 0 Å². The van der Waals surface area contributed by atoms with Gasteiger partial charge in [0.2, 0.25) is 0 Å². The number of rotatable bonds is 9. The molecule has 1 unspecified atom stereocenters. The Bertz CT molecular complexity index is 397. The van der Waals surface area contributed by atoms with Crippen LogP contribution in [0.2, 0.25) is 0 Å². The van der Waals surface area contributed by atoms with E-state index in [9.17, 15) is 4.79 Å². The zero-order chi connectivity index (χ0) is 14.8. The number of carbonyl (C=O) groups excluding carboxylic acids is 1. The number of esters is 1. The predicted molar refractivity (Wildman–Crippen MR) is 81.4 cm³/mol. The van der Waals surface area contributed by atoms with E-state index in [0.29, 0.717) is 18.8 Å². The number of alkyl halides is 2. The van der Waals surface area contributed by atoms with Gasteiger partial charge in [0.05, 0.1) is 12.5 Å². The summed E-state index contributed by atoms with van der Waals surface area (Å²) in [6, 6.07) is 8.98. The Morgan fingerprint density at radius 3 is 2.50 bits per heavy atom. The summed E-state index contributed by atoms with van der Waals surface area (Å²) in [6.45, 7) is 3.32. The quantitative estimate of drug-likeness (QED) is 0.395. The summed E-state index contributed by atoms with van der Waals surface area (Å²) in [6.07, 6.45) is 2.07. The van der Waals surface area contributed by atoms with E-state index in [2.05, 4.69) is 6.92 Å². The van der Waals surface area contributed by atoms with E-state index in [1.54, 1.807) is 24.3 Å². The van der Waals surface area contributed by atoms with Crippen molar-refractivity contribution in [3.05, 3.63) is 35.9 Å². The summed E-state index contributed by atoms with van der Waals surface area (Å²) in [5.41, 5.74) is 0.633. The molecule has 1 rings (SSSR count). The van der Waals surface area contributed by atoms with Gasteiger partial charge in [0.1, 0.15) is 6.61 Å². The molecule has 0 aliphatic carbocycles. The smallest absolute Gasteiger partial charge is 0.333 e. The number of unbranched alkanes of at least 4 members (excludes halogenated alkanes) is 1. The second-order valence-electron chi connectivity index (χ2n) is 4.40. The van der Waals surface area contributed by atoms with E-state index in [-0.39, 0.29) is 12.5 Å². The number of benzene rings is 1. The van der Waals surface area contributed by atoms with Crippen molar-refractivity contribution < 1.29 is 14.3 Å². The highest BCUT2D eigenvalue weighted by molar-refractivity contribution is 6.38. The van der Waals surface area contributed by atoms with Crippen molar-refractivity contribution in [3.8, 4) is 0 Å². The molecule has 0 aliphatic rings. The van der Waals surface area contributed by atoms with Crippen molar-refractivity contribution in [2.45, 2.75) is 24.6 Å². The van der Waals surface area contributed by atoms with Crippen LogP contribution < -0.4 is 0 Å². The first-order valence-electron chi connectivity index (χ1n) is 6.70. The molecule has 3 nitrogen and oxygen atoms in total. The normalized spacial score (nSPS) is 13.8. The summed E-state index contributed by atoms with van der Waals surface area (Å²) >= 11 is 12.2. The van der Waals surface area contributed by atoms with Crippen molar-refractivity contribution >= 4 is 29.2 Å². The maximum atomic E-state index is 12.1. The third-order valence-electron chi connectivity index (χ3n) is 2.84. The summed E-state index contributed by atoms with van der Waals surface area (Å²) in [7, 11) is 0. The summed E-state index contributed by atoms with van der Waals surface area (Å²) in [4.78, 5) is 10.8. The third kappa shape index (κ3) is 4.97. The van der Waals surface area contributed by atoms with E-state index in [4.69, 9.17) is 32.7 Å². The topological polar surface area (TPSA) is 35.5 Å². The average molecular weight is 319 g/mol. The lowest BCUT2D eigenvalue weighted by molar-refractivity contribution is -0.148. The van der Waals surface area contributed by atoms with E-state index in [1.165, 1.54) is 0 Å². The molecule has 0 saturated heterocycles. The first-order chi connectivity index (χ1) is 9.65. The summed E-state index contributed by atoms with van der Waals surface area (Å²) in [5, 5.41) is 0. The van der Waals surface area contributed by atoms with Crippen LogP contribution in [0.3, 0.4) is 0 Å². The molecule has 1 atom stereocenters. The first kappa shape index (κ1) is 17.3. The van der Waals surface area contributed by atoms with Crippen LogP contribution in [0.25, 0.3) is 0 Å². The van der Waals surface area contributed by atoms with Crippen molar-refractivity contribution in [1.82, 2.24) is 0 Å². The fraction of sp³-hybridized carbons (Fsp3) is 0.533. The Balaban J connectivity index is 2.47. The van der Waals surface area contributed by atoms with Gasteiger partial charge >= 0.3 is 5.97 Å². The van der Waals surface area contributed by atoms with Gasteiger partial charge in [-0.05, 0) is 12.0 Å². The second kappa shape index (κ2) is 9.22. The van der Waals surface area contributed by atoms with Crippen LogP contribution in [0.15, 0.2) is 30.3 Å². The van der Waals surface area contributed by atoms with Gasteiger partial charge in [-0.25, -0.2) is 4.79 Å². The number of hydrogen-bond acceptors (Lipinski definition) is 3. The van der Waals surface area contributed by atoms with Crippen LogP contribution in [0.1, 0.15) is 25.3 Å². The second-order valence-corrected chi connectivity index (χ2v) is 5.32. The van der Waals surface area contributed by atoms with Gasteiger partial charge in [-0.15, -0.1) is 23.2 Å². The Kier molecular flexibility index (Phi) is 7.97. The van der Waals surface area contributed by atoms with Gasteiger partial charge in [-0.2, -0.15) is 0 Å². The van der Waals surface area contributed by atoms with Crippen molar-refractivity contribution in [2.75, 3.05) is 25.7 Å². The molecule has 0 heterocycles. The Morgan fingerprint density at radius 2 is 1.90 bits per heavy atom. The van der Waals surface area contributed by atoms with Crippen molar-refractivity contribution in [2.24, 2.45) is 0 Å². The molecule has 0 N–H and O–H groups in total. The lowest BCUT2D eigenvalue weighted by Crippen LogP contribution is -2.34. The summed E-state index contributed by atoms with van der Waals surface area (Å²) in [5.74, 6) is -0.590. The Morgan fingerprint density at radius 1 is 1.20 bits per heavy atom. The molecule has 112 valence electrons. The van der Waals surface area contributed by atoms with Crippen molar-refractivity contribution in [3.63, 3.8) is 0 Å². The molecule has 0 spiro atoms. The minimum atomic E-state index is -1.34. The SMILES string of the molecule is CCCCOCCOC(=O)C(Cl)(CCl)c1ccccc1. The molecule has 0 amide bonds.